The molecule has 3 nitrogen and oxygen atoms in total. The first-order valence-corrected chi connectivity index (χ1v) is 13.0. The monoisotopic (exact) mass is 478 g/mol. The predicted molar refractivity (Wildman–Crippen MR) is 125 cm³/mol. The molecule has 3 aliphatic carbocycles. The number of fused-ring (bicyclic) bond motifs is 1. The number of hydrogen-bond acceptors (Lipinski definition) is 3. The van der Waals surface area contributed by atoms with Crippen molar-refractivity contribution in [2.45, 2.75) is 83.7 Å². The second-order valence-corrected chi connectivity index (χ2v) is 10.6. The highest BCUT2D eigenvalue weighted by molar-refractivity contribution is 5.75. The number of esters is 1. The van der Waals surface area contributed by atoms with Crippen LogP contribution in [0.1, 0.15) is 77.0 Å². The number of benzene rings is 1. The van der Waals surface area contributed by atoms with Gasteiger partial charge in [-0.3, -0.25) is 4.79 Å². The van der Waals surface area contributed by atoms with E-state index in [2.05, 4.69) is 11.3 Å². The molecular formula is C28H37F3O3. The van der Waals surface area contributed by atoms with Crippen LogP contribution in [0.4, 0.5) is 13.2 Å². The van der Waals surface area contributed by atoms with Crippen molar-refractivity contribution in [3.05, 3.63) is 36.7 Å². The molecular weight excluding hydrogens is 441 g/mol. The summed E-state index contributed by atoms with van der Waals surface area (Å²) in [5, 5.41) is 0. The molecule has 3 aliphatic rings. The predicted octanol–water partition coefficient (Wildman–Crippen LogP) is 7.94. The Morgan fingerprint density at radius 2 is 1.62 bits per heavy atom. The Balaban J connectivity index is 1.22. The van der Waals surface area contributed by atoms with Crippen molar-refractivity contribution in [2.75, 3.05) is 0 Å². The Bertz CT molecular complexity index is 834. The number of carbonyl (C=O) groups is 1. The van der Waals surface area contributed by atoms with Crippen LogP contribution in [-0.4, -0.2) is 12.6 Å². The number of ether oxygens (including phenoxy) is 2. The Morgan fingerprint density at radius 3 is 2.29 bits per heavy atom. The van der Waals surface area contributed by atoms with Crippen molar-refractivity contribution >= 4 is 5.97 Å². The number of halogens is 3. The molecule has 3 fully saturated rings. The van der Waals surface area contributed by atoms with Gasteiger partial charge in [0.15, 0.2) is 11.6 Å². The Kier molecular flexibility index (Phi) is 8.60. The van der Waals surface area contributed by atoms with Gasteiger partial charge in [-0.15, -0.1) is 6.58 Å². The third-order valence-electron chi connectivity index (χ3n) is 8.65. The number of alkyl halides is 2. The van der Waals surface area contributed by atoms with Crippen LogP contribution in [0.15, 0.2) is 30.9 Å². The third kappa shape index (κ3) is 6.37. The molecule has 4 rings (SSSR count). The smallest absolute Gasteiger partial charge is 0.387 e. The quantitative estimate of drug-likeness (QED) is 0.216. The van der Waals surface area contributed by atoms with E-state index in [0.717, 1.165) is 61.8 Å². The molecule has 6 heteroatoms. The summed E-state index contributed by atoms with van der Waals surface area (Å²) < 4.78 is 48.1. The summed E-state index contributed by atoms with van der Waals surface area (Å²) in [6.07, 6.45) is 16.2. The molecule has 0 aliphatic heterocycles. The minimum absolute atomic E-state index is 0.232. The average Bonchev–Trinajstić information content (AvgIpc) is 2.83. The van der Waals surface area contributed by atoms with E-state index < -0.39 is 18.4 Å². The second kappa shape index (κ2) is 11.6. The normalized spacial score (nSPS) is 31.5. The van der Waals surface area contributed by atoms with Gasteiger partial charge >= 0.3 is 12.6 Å². The largest absolute Gasteiger partial charge is 0.435 e. The highest BCUT2D eigenvalue weighted by Gasteiger charge is 2.39. The van der Waals surface area contributed by atoms with Crippen molar-refractivity contribution in [3.8, 4) is 11.5 Å². The molecule has 1 aromatic rings. The molecule has 0 aromatic heterocycles. The van der Waals surface area contributed by atoms with Crippen molar-refractivity contribution in [2.24, 2.45) is 35.5 Å². The summed E-state index contributed by atoms with van der Waals surface area (Å²) >= 11 is 0. The first kappa shape index (κ1) is 25.1. The van der Waals surface area contributed by atoms with Crippen LogP contribution in [0, 0.1) is 41.3 Å². The Labute approximate surface area is 201 Å². The van der Waals surface area contributed by atoms with E-state index in [1.165, 1.54) is 57.1 Å². The topological polar surface area (TPSA) is 35.5 Å². The van der Waals surface area contributed by atoms with E-state index in [4.69, 9.17) is 4.74 Å². The van der Waals surface area contributed by atoms with Crippen LogP contribution in [-0.2, 0) is 4.79 Å². The molecule has 0 heterocycles. The molecule has 0 N–H and O–H groups in total. The number of hydrogen-bond donors (Lipinski definition) is 0. The van der Waals surface area contributed by atoms with E-state index in [0.29, 0.717) is 5.92 Å². The number of rotatable bonds is 8. The Morgan fingerprint density at radius 1 is 0.971 bits per heavy atom. The van der Waals surface area contributed by atoms with Gasteiger partial charge in [-0.1, -0.05) is 12.5 Å². The lowest BCUT2D eigenvalue weighted by Crippen LogP contribution is -2.35. The lowest BCUT2D eigenvalue weighted by molar-refractivity contribution is -0.140. The standard InChI is InChI=1S/C28H37F3O3/c1-2-3-4-18-5-6-23-16-22(12-11-21(23)15-18)19-7-9-20(10-8-19)27(32)34-26-14-13-24(17-25(26)29)33-28(30)31/h2,13-14,17-23,28H,1,3-12,15-16H2. The molecule has 0 amide bonds. The van der Waals surface area contributed by atoms with Crippen LogP contribution in [0.3, 0.4) is 0 Å². The van der Waals surface area contributed by atoms with Crippen LogP contribution < -0.4 is 9.47 Å². The van der Waals surface area contributed by atoms with Crippen LogP contribution in [0.5, 0.6) is 11.5 Å². The van der Waals surface area contributed by atoms with Gasteiger partial charge in [0.05, 0.1) is 5.92 Å². The zero-order chi connectivity index (χ0) is 24.1. The minimum Gasteiger partial charge on any atom is -0.435 e. The van der Waals surface area contributed by atoms with E-state index in [-0.39, 0.29) is 17.4 Å². The molecule has 0 spiro atoms. The molecule has 0 bridgehead atoms. The maximum atomic E-state index is 14.1. The zero-order valence-corrected chi connectivity index (χ0v) is 19.9. The van der Waals surface area contributed by atoms with E-state index in [1.54, 1.807) is 0 Å². The minimum atomic E-state index is -3.03. The molecule has 34 heavy (non-hydrogen) atoms. The lowest BCUT2D eigenvalue weighted by atomic mass is 9.60. The molecule has 0 saturated heterocycles. The van der Waals surface area contributed by atoms with Gasteiger partial charge in [0.25, 0.3) is 0 Å². The van der Waals surface area contributed by atoms with Crippen molar-refractivity contribution in [1.29, 1.82) is 0 Å². The van der Waals surface area contributed by atoms with Gasteiger partial charge < -0.3 is 9.47 Å². The zero-order valence-electron chi connectivity index (χ0n) is 19.9. The van der Waals surface area contributed by atoms with E-state index in [1.807, 2.05) is 6.08 Å². The second-order valence-electron chi connectivity index (χ2n) is 10.6. The van der Waals surface area contributed by atoms with E-state index >= 15 is 0 Å². The van der Waals surface area contributed by atoms with E-state index in [9.17, 15) is 18.0 Å². The molecule has 1 aromatic carbocycles. The van der Waals surface area contributed by atoms with Gasteiger partial charge in [0.2, 0.25) is 0 Å². The third-order valence-corrected chi connectivity index (χ3v) is 8.65. The first-order chi connectivity index (χ1) is 16.4. The molecule has 4 atom stereocenters. The van der Waals surface area contributed by atoms with Crippen molar-refractivity contribution in [1.82, 2.24) is 0 Å². The lowest BCUT2D eigenvalue weighted by Gasteiger charge is -2.45. The number of allylic oxidation sites excluding steroid dienone is 1. The van der Waals surface area contributed by atoms with Gasteiger partial charge in [0.1, 0.15) is 5.75 Å². The van der Waals surface area contributed by atoms with Crippen LogP contribution >= 0.6 is 0 Å². The fourth-order valence-corrected chi connectivity index (χ4v) is 6.83. The van der Waals surface area contributed by atoms with Gasteiger partial charge in [-0.25, -0.2) is 4.39 Å². The summed E-state index contributed by atoms with van der Waals surface area (Å²) in [4.78, 5) is 12.6. The van der Waals surface area contributed by atoms with Gasteiger partial charge in [0, 0.05) is 6.07 Å². The van der Waals surface area contributed by atoms with Crippen molar-refractivity contribution < 1.29 is 27.4 Å². The summed E-state index contributed by atoms with van der Waals surface area (Å²) in [5.41, 5.74) is 0. The van der Waals surface area contributed by atoms with Crippen molar-refractivity contribution in [3.63, 3.8) is 0 Å². The average molecular weight is 479 g/mol. The van der Waals surface area contributed by atoms with Gasteiger partial charge in [-0.2, -0.15) is 8.78 Å². The molecule has 3 saturated carbocycles. The highest BCUT2D eigenvalue weighted by Crippen LogP contribution is 2.49. The Hall–Kier alpha value is -1.98. The fourth-order valence-electron chi connectivity index (χ4n) is 6.83. The molecule has 0 radical (unpaired) electrons. The SMILES string of the molecule is C=CCCC1CCC2CC(C3CCC(C(=O)Oc4ccc(OC(F)F)cc4F)CC3)CCC2C1. The molecule has 188 valence electrons. The summed E-state index contributed by atoms with van der Waals surface area (Å²) in [6, 6.07) is 3.16. The molecule has 4 unspecified atom stereocenters. The summed E-state index contributed by atoms with van der Waals surface area (Å²) in [7, 11) is 0. The van der Waals surface area contributed by atoms with Gasteiger partial charge in [-0.05, 0) is 112 Å². The highest BCUT2D eigenvalue weighted by atomic mass is 19.3. The number of carbonyl (C=O) groups excluding carboxylic acids is 1. The maximum Gasteiger partial charge on any atom is 0.387 e. The summed E-state index contributed by atoms with van der Waals surface area (Å²) in [6.45, 7) is 0.836. The first-order valence-electron chi connectivity index (χ1n) is 13.0. The summed E-state index contributed by atoms with van der Waals surface area (Å²) in [5.74, 6) is 2.02. The fraction of sp³-hybridized carbons (Fsp3) is 0.679. The maximum absolute atomic E-state index is 14.1. The van der Waals surface area contributed by atoms with Crippen LogP contribution in [0.25, 0.3) is 0 Å². The van der Waals surface area contributed by atoms with Crippen LogP contribution in [0.2, 0.25) is 0 Å².